The molecule has 0 amide bonds. The van der Waals surface area contributed by atoms with Gasteiger partial charge in [-0.25, -0.2) is 15.0 Å². The molecule has 0 aliphatic rings. The minimum absolute atomic E-state index is 0.357. The number of aromatic nitrogens is 3. The van der Waals surface area contributed by atoms with Crippen LogP contribution in [-0.2, 0) is 0 Å². The lowest BCUT2D eigenvalue weighted by molar-refractivity contribution is 0.0293. The first kappa shape index (κ1) is 40.4. The Balaban J connectivity index is 0.866. The molecule has 0 aliphatic heterocycles. The van der Waals surface area contributed by atoms with Gasteiger partial charge in [0.2, 0.25) is 0 Å². The molecule has 0 radical (unpaired) electrons. The Morgan fingerprint density at radius 1 is 0.381 bits per heavy atom. The Bertz CT molecular complexity index is 2730. The van der Waals surface area contributed by atoms with Crippen molar-refractivity contribution in [2.45, 2.75) is 13.3 Å². The van der Waals surface area contributed by atoms with E-state index in [-0.39, 0.29) is 0 Å². The van der Waals surface area contributed by atoms with E-state index in [1.165, 1.54) is 0 Å². The van der Waals surface area contributed by atoms with Crippen LogP contribution in [0.5, 0.6) is 17.2 Å². The first-order valence-electron chi connectivity index (χ1n) is 20.9. The van der Waals surface area contributed by atoms with Gasteiger partial charge in [0, 0.05) is 16.2 Å². The number of pyridine rings is 3. The molecule has 0 atom stereocenters. The van der Waals surface area contributed by atoms with Gasteiger partial charge in [-0.05, 0) is 116 Å². The fourth-order valence-corrected chi connectivity index (χ4v) is 6.91. The predicted octanol–water partition coefficient (Wildman–Crippen LogP) is 12.5. The van der Waals surface area contributed by atoms with Gasteiger partial charge in [0.1, 0.15) is 37.1 Å². The first-order valence-corrected chi connectivity index (χ1v) is 20.9. The van der Waals surface area contributed by atoms with Gasteiger partial charge in [-0.15, -0.1) is 0 Å². The van der Waals surface area contributed by atoms with Crippen LogP contribution in [0.3, 0.4) is 0 Å². The maximum atomic E-state index is 6.47. The summed E-state index contributed by atoms with van der Waals surface area (Å²) in [5, 5.41) is 3.29. The molecule has 0 saturated heterocycles. The quantitative estimate of drug-likeness (QED) is 0.0899. The lowest BCUT2D eigenvalue weighted by atomic mass is 9.88. The summed E-state index contributed by atoms with van der Waals surface area (Å²) in [5.41, 5.74) is 7.09. The fraction of sp³-hybridized carbons (Fsp3) is 0.111. The van der Waals surface area contributed by atoms with Crippen molar-refractivity contribution in [2.75, 3.05) is 19.8 Å². The SMILES string of the molecule is CCC(COc1ccc(N=Cc2ccc3ccccc3n2)cc1)(COc1ccc(N=Cc2ccc3ccccc3n2)cc1)COc1ccc(N=Cc2ccc3ccccc3n2)cc1. The fourth-order valence-electron chi connectivity index (χ4n) is 6.91. The maximum absolute atomic E-state index is 6.47. The number of nitrogens with zero attached hydrogens (tertiary/aromatic N) is 6. The molecule has 0 unspecified atom stereocenters. The molecule has 9 rings (SSSR count). The number of fused-ring (bicyclic) bond motifs is 3. The van der Waals surface area contributed by atoms with Crippen LogP contribution in [0.15, 0.2) is 197 Å². The minimum atomic E-state index is -0.504. The Labute approximate surface area is 366 Å². The second-order valence-electron chi connectivity index (χ2n) is 15.3. The molecule has 0 fully saturated rings. The lowest BCUT2D eigenvalue weighted by Gasteiger charge is -2.32. The normalized spacial score (nSPS) is 12.7. The van der Waals surface area contributed by atoms with Gasteiger partial charge in [-0.1, -0.05) is 79.7 Å². The summed E-state index contributed by atoms with van der Waals surface area (Å²) in [7, 11) is 0. The van der Waals surface area contributed by atoms with Gasteiger partial charge in [0.15, 0.2) is 0 Å². The summed E-state index contributed by atoms with van der Waals surface area (Å²) in [4.78, 5) is 28.1. The van der Waals surface area contributed by atoms with Crippen LogP contribution in [0, 0.1) is 5.41 Å². The van der Waals surface area contributed by atoms with Crippen LogP contribution in [0.4, 0.5) is 17.1 Å². The second-order valence-corrected chi connectivity index (χ2v) is 15.3. The van der Waals surface area contributed by atoms with E-state index in [2.05, 4.69) is 40.1 Å². The van der Waals surface area contributed by atoms with Gasteiger partial charge in [-0.2, -0.15) is 0 Å². The van der Waals surface area contributed by atoms with Crippen LogP contribution in [-0.4, -0.2) is 53.4 Å². The van der Waals surface area contributed by atoms with E-state index in [9.17, 15) is 0 Å². The van der Waals surface area contributed by atoms with E-state index in [1.54, 1.807) is 18.6 Å². The van der Waals surface area contributed by atoms with E-state index < -0.39 is 5.41 Å². The highest BCUT2D eigenvalue weighted by atomic mass is 16.5. The van der Waals surface area contributed by atoms with Crippen molar-refractivity contribution in [3.63, 3.8) is 0 Å². The zero-order valence-corrected chi connectivity index (χ0v) is 34.8. The predicted molar refractivity (Wildman–Crippen MR) is 256 cm³/mol. The molecule has 0 bridgehead atoms. The number of hydrogen-bond donors (Lipinski definition) is 0. The Hall–Kier alpha value is -8.04. The minimum Gasteiger partial charge on any atom is -0.493 e. The molecule has 9 nitrogen and oxygen atoms in total. The van der Waals surface area contributed by atoms with Crippen molar-refractivity contribution in [1.82, 2.24) is 15.0 Å². The molecule has 308 valence electrons. The summed E-state index contributed by atoms with van der Waals surface area (Å²) < 4.78 is 19.4. The molecule has 0 aliphatic carbocycles. The summed E-state index contributed by atoms with van der Waals surface area (Å²) >= 11 is 0. The van der Waals surface area contributed by atoms with Gasteiger partial charge in [-0.3, -0.25) is 15.0 Å². The Morgan fingerprint density at radius 2 is 0.683 bits per heavy atom. The molecule has 6 aromatic carbocycles. The number of rotatable bonds is 16. The number of aliphatic imine (C=N–C) groups is 3. The van der Waals surface area contributed by atoms with Crippen LogP contribution >= 0.6 is 0 Å². The number of hydrogen-bond acceptors (Lipinski definition) is 9. The average Bonchev–Trinajstić information content (AvgIpc) is 3.35. The zero-order valence-electron chi connectivity index (χ0n) is 34.8. The molecule has 0 spiro atoms. The Morgan fingerprint density at radius 3 is 0.984 bits per heavy atom. The van der Waals surface area contributed by atoms with Crippen molar-refractivity contribution >= 4 is 68.4 Å². The molecule has 3 aromatic heterocycles. The zero-order chi connectivity index (χ0) is 42.7. The van der Waals surface area contributed by atoms with Crippen molar-refractivity contribution in [2.24, 2.45) is 20.4 Å². The third-order valence-electron chi connectivity index (χ3n) is 10.8. The van der Waals surface area contributed by atoms with Crippen molar-refractivity contribution in [1.29, 1.82) is 0 Å². The topological polar surface area (TPSA) is 103 Å². The third-order valence-corrected chi connectivity index (χ3v) is 10.8. The molecule has 0 N–H and O–H groups in total. The van der Waals surface area contributed by atoms with Gasteiger partial charge in [0.05, 0.1) is 74.8 Å². The maximum Gasteiger partial charge on any atom is 0.119 e. The second kappa shape index (κ2) is 19.1. The number of ether oxygens (including phenoxy) is 3. The summed E-state index contributed by atoms with van der Waals surface area (Å²) in [5.74, 6) is 2.17. The Kier molecular flexibility index (Phi) is 12.3. The summed E-state index contributed by atoms with van der Waals surface area (Å²) in [6.45, 7) is 3.20. The van der Waals surface area contributed by atoms with E-state index in [0.717, 1.165) is 90.5 Å². The highest BCUT2D eigenvalue weighted by molar-refractivity contribution is 5.88. The highest BCUT2D eigenvalue weighted by Crippen LogP contribution is 2.30. The smallest absolute Gasteiger partial charge is 0.119 e. The van der Waals surface area contributed by atoms with Crippen LogP contribution in [0.25, 0.3) is 32.7 Å². The van der Waals surface area contributed by atoms with Crippen molar-refractivity contribution in [3.05, 3.63) is 199 Å². The monoisotopic (exact) mass is 824 g/mol. The highest BCUT2D eigenvalue weighted by Gasteiger charge is 2.32. The summed E-state index contributed by atoms with van der Waals surface area (Å²) in [6.07, 6.45) is 6.07. The van der Waals surface area contributed by atoms with Gasteiger partial charge in [0.25, 0.3) is 0 Å². The van der Waals surface area contributed by atoms with Crippen LogP contribution in [0.1, 0.15) is 30.4 Å². The molecule has 9 aromatic rings. The van der Waals surface area contributed by atoms with Crippen LogP contribution < -0.4 is 14.2 Å². The molecule has 0 saturated carbocycles. The molecule has 9 heteroatoms. The third kappa shape index (κ3) is 10.5. The first-order chi connectivity index (χ1) is 31.0. The molecule has 3 heterocycles. The van der Waals surface area contributed by atoms with Gasteiger partial charge >= 0.3 is 0 Å². The van der Waals surface area contributed by atoms with Crippen molar-refractivity contribution < 1.29 is 14.2 Å². The van der Waals surface area contributed by atoms with Crippen molar-refractivity contribution in [3.8, 4) is 17.2 Å². The number of benzene rings is 6. The van der Waals surface area contributed by atoms with E-state index in [1.807, 2.05) is 164 Å². The number of para-hydroxylation sites is 3. The largest absolute Gasteiger partial charge is 0.493 e. The standard InChI is InChI=1S/C54H44N6O3/c1-2-54(36-61-48-27-21-42(22-28-48)55-33-45-18-15-39-9-3-6-12-51(39)58-45,37-62-49-29-23-43(24-30-49)56-34-46-19-16-40-10-4-7-13-52(40)59-46)38-63-50-31-25-44(26-32-50)57-35-47-20-17-41-11-5-8-14-53(41)60-47/h3-35H,2,36-38H2,1H3. The van der Waals surface area contributed by atoms with Gasteiger partial charge < -0.3 is 14.2 Å². The summed E-state index contributed by atoms with van der Waals surface area (Å²) in [6, 6.07) is 59.4. The molecular formula is C54H44N6O3. The van der Waals surface area contributed by atoms with E-state index in [0.29, 0.717) is 19.8 Å². The van der Waals surface area contributed by atoms with E-state index in [4.69, 9.17) is 29.2 Å². The molecule has 63 heavy (non-hydrogen) atoms. The van der Waals surface area contributed by atoms with Crippen LogP contribution in [0.2, 0.25) is 0 Å². The lowest BCUT2D eigenvalue weighted by Crippen LogP contribution is -2.40. The van der Waals surface area contributed by atoms with E-state index >= 15 is 0 Å². The molecular weight excluding hydrogens is 781 g/mol. The average molecular weight is 825 g/mol.